The maximum absolute atomic E-state index is 12.7. The first kappa shape index (κ1) is 14.8. The Labute approximate surface area is 136 Å². The van der Waals surface area contributed by atoms with Crippen molar-refractivity contribution in [2.24, 2.45) is 0 Å². The quantitative estimate of drug-likeness (QED) is 0.859. The standard InChI is InChI=1S/C16H20N4O2S/c1-11-3-6-16(12(2)7-11)23(21,22)19-8-14(9-19)20-10-15(17-18-20)13-4-5-13/h3,6-7,10,13-14H,4-5,8-9H2,1-2H3. The van der Waals surface area contributed by atoms with Crippen LogP contribution >= 0.6 is 0 Å². The highest BCUT2D eigenvalue weighted by Crippen LogP contribution is 2.39. The highest BCUT2D eigenvalue weighted by molar-refractivity contribution is 7.89. The van der Waals surface area contributed by atoms with Crippen LogP contribution in [0.15, 0.2) is 29.3 Å². The summed E-state index contributed by atoms with van der Waals surface area (Å²) in [5.41, 5.74) is 2.91. The van der Waals surface area contributed by atoms with Crippen LogP contribution in [0, 0.1) is 13.8 Å². The summed E-state index contributed by atoms with van der Waals surface area (Å²) in [4.78, 5) is 0.402. The molecule has 0 radical (unpaired) electrons. The molecule has 7 heteroatoms. The Morgan fingerprint density at radius 1 is 1.17 bits per heavy atom. The van der Waals surface area contributed by atoms with Crippen LogP contribution in [-0.2, 0) is 10.0 Å². The molecule has 1 aromatic heterocycles. The van der Waals surface area contributed by atoms with Crippen molar-refractivity contribution >= 4 is 10.0 Å². The summed E-state index contributed by atoms with van der Waals surface area (Å²) >= 11 is 0. The van der Waals surface area contributed by atoms with Crippen molar-refractivity contribution in [3.05, 3.63) is 41.2 Å². The molecule has 2 heterocycles. The van der Waals surface area contributed by atoms with Gasteiger partial charge in [-0.3, -0.25) is 0 Å². The predicted molar refractivity (Wildman–Crippen MR) is 85.7 cm³/mol. The number of sulfonamides is 1. The van der Waals surface area contributed by atoms with E-state index in [4.69, 9.17) is 0 Å². The first-order chi connectivity index (χ1) is 10.9. The van der Waals surface area contributed by atoms with E-state index >= 15 is 0 Å². The molecule has 1 saturated carbocycles. The summed E-state index contributed by atoms with van der Waals surface area (Å²) in [6, 6.07) is 5.55. The second kappa shape index (κ2) is 5.14. The van der Waals surface area contributed by atoms with E-state index in [1.807, 2.05) is 36.9 Å². The van der Waals surface area contributed by atoms with E-state index in [0.717, 1.165) is 16.8 Å². The molecule has 2 fully saturated rings. The molecule has 0 unspecified atom stereocenters. The summed E-state index contributed by atoms with van der Waals surface area (Å²) < 4.78 is 28.8. The van der Waals surface area contributed by atoms with Gasteiger partial charge in [0.1, 0.15) is 0 Å². The van der Waals surface area contributed by atoms with Gasteiger partial charge in [-0.1, -0.05) is 22.9 Å². The van der Waals surface area contributed by atoms with E-state index in [-0.39, 0.29) is 6.04 Å². The summed E-state index contributed by atoms with van der Waals surface area (Å²) in [6.07, 6.45) is 4.36. The van der Waals surface area contributed by atoms with Crippen molar-refractivity contribution in [1.82, 2.24) is 19.3 Å². The average Bonchev–Trinajstić information content (AvgIpc) is 3.16. The Morgan fingerprint density at radius 3 is 2.57 bits per heavy atom. The third-order valence-corrected chi connectivity index (χ3v) is 6.67. The Balaban J connectivity index is 1.49. The van der Waals surface area contributed by atoms with Gasteiger partial charge >= 0.3 is 0 Å². The average molecular weight is 332 g/mol. The molecule has 1 aromatic carbocycles. The zero-order valence-electron chi connectivity index (χ0n) is 13.3. The summed E-state index contributed by atoms with van der Waals surface area (Å²) in [5.74, 6) is 0.568. The van der Waals surface area contributed by atoms with Crippen LogP contribution in [0.3, 0.4) is 0 Å². The minimum Gasteiger partial charge on any atom is -0.247 e. The molecule has 0 spiro atoms. The molecule has 0 amide bonds. The van der Waals surface area contributed by atoms with Gasteiger partial charge in [-0.25, -0.2) is 13.1 Å². The Kier molecular flexibility index (Phi) is 3.32. The number of aromatic nitrogens is 3. The number of hydrogen-bond donors (Lipinski definition) is 0. The largest absolute Gasteiger partial charge is 0.247 e. The normalized spacial score (nSPS) is 19.7. The lowest BCUT2D eigenvalue weighted by Crippen LogP contribution is -2.50. The van der Waals surface area contributed by atoms with Gasteiger partial charge in [-0.05, 0) is 38.3 Å². The van der Waals surface area contributed by atoms with Crippen LogP contribution in [0.1, 0.15) is 41.6 Å². The van der Waals surface area contributed by atoms with Crippen LogP contribution in [0.2, 0.25) is 0 Å². The van der Waals surface area contributed by atoms with Gasteiger partial charge < -0.3 is 0 Å². The fourth-order valence-electron chi connectivity index (χ4n) is 3.04. The van der Waals surface area contributed by atoms with E-state index < -0.39 is 10.0 Å². The van der Waals surface area contributed by atoms with Gasteiger partial charge in [-0.15, -0.1) is 5.10 Å². The van der Waals surface area contributed by atoms with E-state index in [0.29, 0.717) is 23.9 Å². The van der Waals surface area contributed by atoms with Crippen LogP contribution in [0.5, 0.6) is 0 Å². The highest BCUT2D eigenvalue weighted by Gasteiger charge is 2.39. The van der Waals surface area contributed by atoms with Crippen molar-refractivity contribution in [3.8, 4) is 0 Å². The lowest BCUT2D eigenvalue weighted by Gasteiger charge is -2.37. The fourth-order valence-corrected chi connectivity index (χ4v) is 4.76. The second-order valence-corrected chi connectivity index (χ2v) is 8.55. The lowest BCUT2D eigenvalue weighted by molar-refractivity contribution is 0.188. The van der Waals surface area contributed by atoms with Crippen LogP contribution in [0.4, 0.5) is 0 Å². The molecule has 4 rings (SSSR count). The summed E-state index contributed by atoms with van der Waals surface area (Å²) in [5, 5.41) is 8.36. The molecule has 6 nitrogen and oxygen atoms in total. The van der Waals surface area contributed by atoms with Gasteiger partial charge in [0.25, 0.3) is 0 Å². The van der Waals surface area contributed by atoms with Crippen LogP contribution in [0.25, 0.3) is 0 Å². The lowest BCUT2D eigenvalue weighted by atomic mass is 10.2. The first-order valence-electron chi connectivity index (χ1n) is 7.94. The molecule has 0 bridgehead atoms. The molecule has 1 aliphatic carbocycles. The maximum Gasteiger partial charge on any atom is 0.243 e. The molecule has 2 aliphatic rings. The number of aryl methyl sites for hydroxylation is 2. The molecule has 0 N–H and O–H groups in total. The van der Waals surface area contributed by atoms with Gasteiger partial charge in [0.05, 0.1) is 16.6 Å². The van der Waals surface area contributed by atoms with E-state index in [2.05, 4.69) is 10.3 Å². The monoisotopic (exact) mass is 332 g/mol. The number of rotatable bonds is 4. The minimum absolute atomic E-state index is 0.0931. The molecule has 23 heavy (non-hydrogen) atoms. The third-order valence-electron chi connectivity index (χ3n) is 4.67. The van der Waals surface area contributed by atoms with Crippen molar-refractivity contribution < 1.29 is 8.42 Å². The molecule has 1 aliphatic heterocycles. The molecule has 1 saturated heterocycles. The zero-order chi connectivity index (χ0) is 16.2. The SMILES string of the molecule is Cc1ccc(S(=O)(=O)N2CC(n3cc(C4CC4)nn3)C2)c(C)c1. The highest BCUT2D eigenvalue weighted by atomic mass is 32.2. The van der Waals surface area contributed by atoms with Gasteiger partial charge in [0, 0.05) is 25.2 Å². The van der Waals surface area contributed by atoms with Gasteiger partial charge in [-0.2, -0.15) is 4.31 Å². The number of hydrogen-bond acceptors (Lipinski definition) is 4. The predicted octanol–water partition coefficient (Wildman–Crippen LogP) is 2.02. The fraction of sp³-hybridized carbons (Fsp3) is 0.500. The number of benzene rings is 1. The second-order valence-electron chi connectivity index (χ2n) is 6.64. The Morgan fingerprint density at radius 2 is 1.91 bits per heavy atom. The summed E-state index contributed by atoms with van der Waals surface area (Å²) in [6.45, 7) is 4.73. The maximum atomic E-state index is 12.7. The Hall–Kier alpha value is -1.73. The smallest absolute Gasteiger partial charge is 0.243 e. The summed E-state index contributed by atoms with van der Waals surface area (Å²) in [7, 11) is -3.42. The van der Waals surface area contributed by atoms with Crippen molar-refractivity contribution in [3.63, 3.8) is 0 Å². The van der Waals surface area contributed by atoms with E-state index in [9.17, 15) is 8.42 Å². The first-order valence-corrected chi connectivity index (χ1v) is 9.38. The van der Waals surface area contributed by atoms with Crippen molar-refractivity contribution in [1.29, 1.82) is 0 Å². The number of nitrogens with zero attached hydrogens (tertiary/aromatic N) is 4. The minimum atomic E-state index is -3.42. The van der Waals surface area contributed by atoms with Crippen LogP contribution < -0.4 is 0 Å². The van der Waals surface area contributed by atoms with E-state index in [1.54, 1.807) is 6.07 Å². The van der Waals surface area contributed by atoms with Crippen molar-refractivity contribution in [2.45, 2.75) is 43.5 Å². The molecule has 2 aromatic rings. The molecule has 122 valence electrons. The molecular formula is C16H20N4O2S. The topological polar surface area (TPSA) is 68.1 Å². The third kappa shape index (κ3) is 2.57. The molecule has 0 atom stereocenters. The van der Waals surface area contributed by atoms with E-state index in [1.165, 1.54) is 17.1 Å². The van der Waals surface area contributed by atoms with Crippen molar-refractivity contribution in [2.75, 3.05) is 13.1 Å². The molecular weight excluding hydrogens is 312 g/mol. The van der Waals surface area contributed by atoms with Gasteiger partial charge in [0.2, 0.25) is 10.0 Å². The Bertz CT molecular complexity index is 849. The van der Waals surface area contributed by atoms with Gasteiger partial charge in [0.15, 0.2) is 0 Å². The van der Waals surface area contributed by atoms with Crippen LogP contribution in [-0.4, -0.2) is 40.8 Å². The zero-order valence-corrected chi connectivity index (χ0v) is 14.1.